The average Bonchev–Trinajstić information content (AvgIpc) is 3.29. The van der Waals surface area contributed by atoms with E-state index < -0.39 is 10.0 Å². The van der Waals surface area contributed by atoms with Crippen LogP contribution in [0.3, 0.4) is 0 Å². The van der Waals surface area contributed by atoms with Gasteiger partial charge in [-0.1, -0.05) is 23.7 Å². The van der Waals surface area contributed by atoms with E-state index in [1.54, 1.807) is 16.4 Å². The molecule has 2 heterocycles. The van der Waals surface area contributed by atoms with Gasteiger partial charge in [-0.3, -0.25) is 0 Å². The smallest absolute Gasteiger partial charge is 0.246 e. The highest BCUT2D eigenvalue weighted by molar-refractivity contribution is 7.89. The van der Waals surface area contributed by atoms with Crippen LogP contribution in [0.15, 0.2) is 71.9 Å². The lowest BCUT2D eigenvalue weighted by Crippen LogP contribution is -2.39. The van der Waals surface area contributed by atoms with Crippen LogP contribution >= 0.6 is 11.6 Å². The summed E-state index contributed by atoms with van der Waals surface area (Å²) >= 11 is 5.98. The molecule has 0 radical (unpaired) electrons. The summed E-state index contributed by atoms with van der Waals surface area (Å²) < 4.78 is 35.1. The zero-order valence-electron chi connectivity index (χ0n) is 16.9. The summed E-state index contributed by atoms with van der Waals surface area (Å²) in [5, 5.41) is 0.451. The first-order chi connectivity index (χ1) is 14.5. The number of sulfonamides is 1. The maximum Gasteiger partial charge on any atom is 0.246 e. The van der Waals surface area contributed by atoms with Crippen LogP contribution in [0.5, 0.6) is 5.75 Å². The molecule has 0 saturated carbocycles. The second-order valence-electron chi connectivity index (χ2n) is 7.60. The molecule has 0 N–H and O–H groups in total. The zero-order valence-corrected chi connectivity index (χ0v) is 18.4. The monoisotopic (exact) mass is 444 g/mol. The Morgan fingerprint density at radius 1 is 1.03 bits per heavy atom. The van der Waals surface area contributed by atoms with Gasteiger partial charge in [0.15, 0.2) is 0 Å². The molecule has 0 bridgehead atoms. The molecule has 3 aromatic rings. The number of ether oxygens (including phenoxy) is 1. The second kappa shape index (κ2) is 8.84. The van der Waals surface area contributed by atoms with Crippen LogP contribution in [-0.4, -0.2) is 37.5 Å². The molecule has 158 valence electrons. The van der Waals surface area contributed by atoms with Crippen LogP contribution < -0.4 is 4.74 Å². The predicted octanol–water partition coefficient (Wildman–Crippen LogP) is 4.78. The van der Waals surface area contributed by atoms with Crippen molar-refractivity contribution in [1.82, 2.24) is 8.87 Å². The number of nitrogens with zero attached hydrogens (tertiary/aromatic N) is 2. The molecule has 0 atom stereocenters. The van der Waals surface area contributed by atoms with Gasteiger partial charge in [-0.2, -0.15) is 4.31 Å². The Hall–Kier alpha value is -2.28. The topological polar surface area (TPSA) is 51.5 Å². The van der Waals surface area contributed by atoms with Crippen molar-refractivity contribution in [2.45, 2.75) is 24.2 Å². The molecule has 7 heteroatoms. The van der Waals surface area contributed by atoms with Gasteiger partial charge in [0.05, 0.1) is 7.11 Å². The number of piperidine rings is 1. The standard InChI is InChI=1S/C23H25ClN2O3S/c1-29-22-17-20(24)6-9-23(22)30(27,28)26-14-10-19(11-15-26)16-18-4-7-21(8-5-18)25-12-2-3-13-25/h2-9,12-13,17,19H,10-11,14-16H2,1H3. The van der Waals surface area contributed by atoms with Gasteiger partial charge in [0, 0.05) is 42.3 Å². The fraction of sp³-hybridized carbons (Fsp3) is 0.304. The molecule has 2 aromatic carbocycles. The molecule has 30 heavy (non-hydrogen) atoms. The number of halogens is 1. The largest absolute Gasteiger partial charge is 0.495 e. The van der Waals surface area contributed by atoms with Crippen molar-refractivity contribution in [1.29, 1.82) is 0 Å². The Bertz CT molecular complexity index is 1090. The minimum absolute atomic E-state index is 0.174. The lowest BCUT2D eigenvalue weighted by molar-refractivity contribution is 0.272. The van der Waals surface area contributed by atoms with E-state index in [0.29, 0.717) is 24.0 Å². The first-order valence-electron chi connectivity index (χ1n) is 10.0. The number of methoxy groups -OCH3 is 1. The van der Waals surface area contributed by atoms with E-state index in [-0.39, 0.29) is 10.6 Å². The molecular formula is C23H25ClN2O3S. The van der Waals surface area contributed by atoms with E-state index in [2.05, 4.69) is 28.8 Å². The van der Waals surface area contributed by atoms with Gasteiger partial charge in [-0.25, -0.2) is 8.42 Å². The van der Waals surface area contributed by atoms with Crippen molar-refractivity contribution in [3.63, 3.8) is 0 Å². The van der Waals surface area contributed by atoms with Crippen molar-refractivity contribution in [2.24, 2.45) is 5.92 Å². The maximum absolute atomic E-state index is 13.1. The van der Waals surface area contributed by atoms with E-state index in [4.69, 9.17) is 16.3 Å². The summed E-state index contributed by atoms with van der Waals surface area (Å²) in [6, 6.07) is 17.2. The Labute approximate surface area is 182 Å². The molecule has 1 aromatic heterocycles. The zero-order chi connectivity index (χ0) is 21.1. The van der Waals surface area contributed by atoms with Gasteiger partial charge in [0.25, 0.3) is 0 Å². The average molecular weight is 445 g/mol. The molecule has 1 aliphatic rings. The van der Waals surface area contributed by atoms with Crippen molar-refractivity contribution in [2.75, 3.05) is 20.2 Å². The molecule has 5 nitrogen and oxygen atoms in total. The van der Waals surface area contributed by atoms with Gasteiger partial charge < -0.3 is 9.30 Å². The summed E-state index contributed by atoms with van der Waals surface area (Å²) in [6.07, 6.45) is 6.70. The first kappa shape index (κ1) is 21.0. The van der Waals surface area contributed by atoms with Gasteiger partial charge in [-0.05, 0) is 67.1 Å². The minimum atomic E-state index is -3.60. The molecule has 1 aliphatic heterocycles. The Balaban J connectivity index is 1.39. The number of hydrogen-bond acceptors (Lipinski definition) is 3. The molecule has 0 unspecified atom stereocenters. The highest BCUT2D eigenvalue weighted by atomic mass is 35.5. The van der Waals surface area contributed by atoms with E-state index >= 15 is 0 Å². The van der Waals surface area contributed by atoms with Gasteiger partial charge in [0.1, 0.15) is 10.6 Å². The van der Waals surface area contributed by atoms with Gasteiger partial charge in [-0.15, -0.1) is 0 Å². The van der Waals surface area contributed by atoms with Gasteiger partial charge >= 0.3 is 0 Å². The number of rotatable bonds is 6. The molecular weight excluding hydrogens is 420 g/mol. The molecule has 1 fully saturated rings. The Morgan fingerprint density at radius 3 is 2.33 bits per heavy atom. The third-order valence-corrected chi connectivity index (χ3v) is 7.85. The number of aromatic nitrogens is 1. The van der Waals surface area contributed by atoms with Crippen molar-refractivity contribution < 1.29 is 13.2 Å². The summed E-state index contributed by atoms with van der Waals surface area (Å²) in [5.74, 6) is 0.758. The summed E-state index contributed by atoms with van der Waals surface area (Å²) in [6.45, 7) is 1.03. The third kappa shape index (κ3) is 4.41. The van der Waals surface area contributed by atoms with Crippen LogP contribution in [0.4, 0.5) is 0 Å². The summed E-state index contributed by atoms with van der Waals surface area (Å²) in [5.41, 5.74) is 2.42. The first-order valence-corrected chi connectivity index (χ1v) is 11.8. The lowest BCUT2D eigenvalue weighted by Gasteiger charge is -2.31. The van der Waals surface area contributed by atoms with E-state index in [9.17, 15) is 8.42 Å². The van der Waals surface area contributed by atoms with Crippen LogP contribution in [-0.2, 0) is 16.4 Å². The fourth-order valence-electron chi connectivity index (χ4n) is 3.99. The Morgan fingerprint density at radius 2 is 1.70 bits per heavy atom. The minimum Gasteiger partial charge on any atom is -0.495 e. The van der Waals surface area contributed by atoms with Crippen LogP contribution in [0.2, 0.25) is 5.02 Å². The fourth-order valence-corrected chi connectivity index (χ4v) is 5.76. The molecule has 4 rings (SSSR count). The molecule has 0 spiro atoms. The van der Waals surface area contributed by atoms with Gasteiger partial charge in [0.2, 0.25) is 10.0 Å². The van der Waals surface area contributed by atoms with Crippen LogP contribution in [0.25, 0.3) is 5.69 Å². The van der Waals surface area contributed by atoms with Crippen molar-refractivity contribution >= 4 is 21.6 Å². The van der Waals surface area contributed by atoms with E-state index in [1.165, 1.54) is 18.7 Å². The molecule has 1 saturated heterocycles. The number of hydrogen-bond donors (Lipinski definition) is 0. The Kier molecular flexibility index (Phi) is 6.18. The van der Waals surface area contributed by atoms with E-state index in [0.717, 1.165) is 24.9 Å². The molecule has 0 amide bonds. The van der Waals surface area contributed by atoms with Crippen molar-refractivity contribution in [3.8, 4) is 11.4 Å². The predicted molar refractivity (Wildman–Crippen MR) is 119 cm³/mol. The van der Waals surface area contributed by atoms with Crippen LogP contribution in [0.1, 0.15) is 18.4 Å². The highest BCUT2D eigenvalue weighted by Gasteiger charge is 2.31. The van der Waals surface area contributed by atoms with E-state index in [1.807, 2.05) is 24.5 Å². The third-order valence-electron chi connectivity index (χ3n) is 5.68. The lowest BCUT2D eigenvalue weighted by atomic mass is 9.91. The van der Waals surface area contributed by atoms with Crippen molar-refractivity contribution in [3.05, 3.63) is 77.6 Å². The highest BCUT2D eigenvalue weighted by Crippen LogP contribution is 2.32. The quantitative estimate of drug-likeness (QED) is 0.549. The number of benzene rings is 2. The SMILES string of the molecule is COc1cc(Cl)ccc1S(=O)(=O)N1CCC(Cc2ccc(-n3cccc3)cc2)CC1. The normalized spacial score (nSPS) is 15.9. The molecule has 0 aliphatic carbocycles. The summed E-state index contributed by atoms with van der Waals surface area (Å²) in [7, 11) is -2.14. The second-order valence-corrected chi connectivity index (χ2v) is 9.95. The van der Waals surface area contributed by atoms with Crippen LogP contribution in [0, 0.1) is 5.92 Å². The summed E-state index contributed by atoms with van der Waals surface area (Å²) in [4.78, 5) is 0.174. The maximum atomic E-state index is 13.1.